The Bertz CT molecular complexity index is 359. The molecule has 2 nitrogen and oxygen atoms in total. The topological polar surface area (TPSA) is 35.8 Å². The average Bonchev–Trinajstić information content (AvgIpc) is 2.14. The molecular formula is C11H12N2. The Hall–Kier alpha value is -1.75. The number of hydrogen-bond acceptors (Lipinski definition) is 2. The highest BCUT2D eigenvalue weighted by Gasteiger charge is 1.97. The van der Waals surface area contributed by atoms with E-state index in [9.17, 15) is 0 Å². The lowest BCUT2D eigenvalue weighted by atomic mass is 10.1. The fraction of sp³-hybridized carbons (Fsp3) is 0.182. The number of nitrogens with one attached hydrogen (secondary N) is 1. The predicted octanol–water partition coefficient (Wildman–Crippen LogP) is 2.08. The minimum Gasteiger partial charge on any atom is -0.387 e. The van der Waals surface area contributed by atoms with E-state index in [0.29, 0.717) is 0 Å². The molecule has 0 fully saturated rings. The molecule has 0 unspecified atom stereocenters. The third kappa shape index (κ3) is 2.34. The Morgan fingerprint density at radius 2 is 2.31 bits per heavy atom. The van der Waals surface area contributed by atoms with Gasteiger partial charge in [-0.3, -0.25) is 0 Å². The fourth-order valence-corrected chi connectivity index (χ4v) is 1.18. The van der Waals surface area contributed by atoms with Crippen molar-refractivity contribution in [2.45, 2.75) is 6.92 Å². The Labute approximate surface area is 78.5 Å². The minimum atomic E-state index is 0.853. The highest BCUT2D eigenvalue weighted by atomic mass is 14.8. The van der Waals surface area contributed by atoms with Gasteiger partial charge in [0, 0.05) is 13.1 Å². The molecule has 0 aliphatic rings. The third-order valence-corrected chi connectivity index (χ3v) is 1.81. The van der Waals surface area contributed by atoms with E-state index in [0.717, 1.165) is 11.3 Å². The molecule has 66 valence electrons. The first-order valence-electron chi connectivity index (χ1n) is 4.12. The highest BCUT2D eigenvalue weighted by Crippen LogP contribution is 2.12. The second kappa shape index (κ2) is 4.32. The Morgan fingerprint density at radius 1 is 1.54 bits per heavy atom. The van der Waals surface area contributed by atoms with E-state index in [-0.39, 0.29) is 0 Å². The number of benzene rings is 1. The van der Waals surface area contributed by atoms with Gasteiger partial charge < -0.3 is 5.32 Å². The molecule has 0 aliphatic carbocycles. The third-order valence-electron chi connectivity index (χ3n) is 1.81. The van der Waals surface area contributed by atoms with E-state index in [1.807, 2.05) is 44.3 Å². The quantitative estimate of drug-likeness (QED) is 0.693. The number of rotatable bonds is 2. The van der Waals surface area contributed by atoms with Gasteiger partial charge in [-0.25, -0.2) is 0 Å². The molecule has 1 aromatic carbocycles. The molecule has 0 bridgehead atoms. The smallest absolute Gasteiger partial charge is 0.0933 e. The summed E-state index contributed by atoms with van der Waals surface area (Å²) in [6, 6.07) is 10.0. The maximum absolute atomic E-state index is 8.53. The van der Waals surface area contributed by atoms with E-state index >= 15 is 0 Å². The van der Waals surface area contributed by atoms with Gasteiger partial charge in [0.2, 0.25) is 0 Å². The van der Waals surface area contributed by atoms with Gasteiger partial charge in [0.25, 0.3) is 0 Å². The Kier molecular flexibility index (Phi) is 3.10. The van der Waals surface area contributed by atoms with Crippen LogP contribution in [0, 0.1) is 18.3 Å². The van der Waals surface area contributed by atoms with Crippen LogP contribution >= 0.6 is 0 Å². The summed E-state index contributed by atoms with van der Waals surface area (Å²) < 4.78 is 0. The molecule has 2 heteroatoms. The second-order valence-electron chi connectivity index (χ2n) is 2.81. The van der Waals surface area contributed by atoms with Crippen molar-refractivity contribution in [2.24, 2.45) is 0 Å². The van der Waals surface area contributed by atoms with Gasteiger partial charge in [-0.1, -0.05) is 23.8 Å². The molecular weight excluding hydrogens is 160 g/mol. The summed E-state index contributed by atoms with van der Waals surface area (Å²) in [6.45, 7) is 2.03. The van der Waals surface area contributed by atoms with Crippen LogP contribution in [0.3, 0.4) is 0 Å². The van der Waals surface area contributed by atoms with Crippen molar-refractivity contribution in [2.75, 3.05) is 7.05 Å². The van der Waals surface area contributed by atoms with Crippen LogP contribution in [0.5, 0.6) is 0 Å². The number of hydrogen-bond donors (Lipinski definition) is 1. The van der Waals surface area contributed by atoms with E-state index in [1.54, 1.807) is 0 Å². The van der Waals surface area contributed by atoms with Crippen LogP contribution in [0.25, 0.3) is 5.70 Å². The monoisotopic (exact) mass is 172 g/mol. The molecule has 1 aromatic rings. The van der Waals surface area contributed by atoms with Gasteiger partial charge in [0.15, 0.2) is 0 Å². The zero-order valence-corrected chi connectivity index (χ0v) is 7.83. The fourth-order valence-electron chi connectivity index (χ4n) is 1.18. The second-order valence-corrected chi connectivity index (χ2v) is 2.81. The lowest BCUT2D eigenvalue weighted by Crippen LogP contribution is -2.04. The van der Waals surface area contributed by atoms with Crippen molar-refractivity contribution in [3.05, 3.63) is 41.5 Å². The number of nitriles is 1. The van der Waals surface area contributed by atoms with Crippen LogP contribution in [0.4, 0.5) is 0 Å². The van der Waals surface area contributed by atoms with Crippen LogP contribution in [0.15, 0.2) is 30.3 Å². The first-order valence-corrected chi connectivity index (χ1v) is 4.12. The summed E-state index contributed by atoms with van der Waals surface area (Å²) in [5.41, 5.74) is 3.09. The van der Waals surface area contributed by atoms with Crippen molar-refractivity contribution in [1.82, 2.24) is 5.32 Å². The van der Waals surface area contributed by atoms with Gasteiger partial charge in [-0.05, 0) is 18.6 Å². The summed E-state index contributed by atoms with van der Waals surface area (Å²) in [5.74, 6) is 0. The molecule has 0 amide bonds. The SMILES string of the molecule is CN/C(=C/C#N)c1cccc(C)c1. The first kappa shape index (κ1) is 9.34. The van der Waals surface area contributed by atoms with Gasteiger partial charge in [-0.2, -0.15) is 5.26 Å². The molecule has 1 rings (SSSR count). The summed E-state index contributed by atoms with van der Waals surface area (Å²) in [6.07, 6.45) is 1.51. The van der Waals surface area contributed by atoms with Crippen LogP contribution in [-0.4, -0.2) is 7.05 Å². The Balaban J connectivity index is 3.07. The summed E-state index contributed by atoms with van der Waals surface area (Å²) >= 11 is 0. The molecule has 0 radical (unpaired) electrons. The predicted molar refractivity (Wildman–Crippen MR) is 53.8 cm³/mol. The molecule has 0 saturated heterocycles. The average molecular weight is 172 g/mol. The lowest BCUT2D eigenvalue weighted by Gasteiger charge is -2.05. The first-order chi connectivity index (χ1) is 6.27. The van der Waals surface area contributed by atoms with Crippen molar-refractivity contribution in [3.63, 3.8) is 0 Å². The molecule has 0 heterocycles. The van der Waals surface area contributed by atoms with Gasteiger partial charge in [-0.15, -0.1) is 0 Å². The number of allylic oxidation sites excluding steroid dienone is 1. The molecule has 0 saturated carbocycles. The largest absolute Gasteiger partial charge is 0.387 e. The highest BCUT2D eigenvalue weighted by molar-refractivity contribution is 5.66. The van der Waals surface area contributed by atoms with Crippen LogP contribution in [0.2, 0.25) is 0 Å². The molecule has 0 atom stereocenters. The number of nitrogens with zero attached hydrogens (tertiary/aromatic N) is 1. The van der Waals surface area contributed by atoms with Crippen molar-refractivity contribution in [1.29, 1.82) is 5.26 Å². The zero-order valence-electron chi connectivity index (χ0n) is 7.83. The van der Waals surface area contributed by atoms with Gasteiger partial charge in [0.05, 0.1) is 11.8 Å². The molecule has 1 N–H and O–H groups in total. The standard InChI is InChI=1S/C11H12N2/c1-9-4-3-5-10(8-9)11(13-2)6-7-12/h3-6,8,13H,1-2H3/b11-6+. The van der Waals surface area contributed by atoms with Crippen molar-refractivity contribution < 1.29 is 0 Å². The van der Waals surface area contributed by atoms with Crippen molar-refractivity contribution in [3.8, 4) is 6.07 Å². The molecule has 13 heavy (non-hydrogen) atoms. The zero-order chi connectivity index (χ0) is 9.68. The molecule has 0 spiro atoms. The minimum absolute atomic E-state index is 0.853. The van der Waals surface area contributed by atoms with Crippen LogP contribution < -0.4 is 5.32 Å². The molecule has 0 aliphatic heterocycles. The maximum Gasteiger partial charge on any atom is 0.0933 e. The van der Waals surface area contributed by atoms with E-state index < -0.39 is 0 Å². The van der Waals surface area contributed by atoms with Crippen LogP contribution in [-0.2, 0) is 0 Å². The Morgan fingerprint density at radius 3 is 2.85 bits per heavy atom. The van der Waals surface area contributed by atoms with Crippen LogP contribution in [0.1, 0.15) is 11.1 Å². The lowest BCUT2D eigenvalue weighted by molar-refractivity contribution is 1.12. The normalized spacial score (nSPS) is 10.7. The number of aryl methyl sites for hydroxylation is 1. The summed E-state index contributed by atoms with van der Waals surface area (Å²) in [5, 5.41) is 11.5. The van der Waals surface area contributed by atoms with Gasteiger partial charge in [0.1, 0.15) is 0 Å². The molecule has 0 aromatic heterocycles. The van der Waals surface area contributed by atoms with E-state index in [4.69, 9.17) is 5.26 Å². The summed E-state index contributed by atoms with van der Waals surface area (Å²) in [7, 11) is 1.81. The van der Waals surface area contributed by atoms with Gasteiger partial charge >= 0.3 is 0 Å². The van der Waals surface area contributed by atoms with E-state index in [1.165, 1.54) is 11.6 Å². The maximum atomic E-state index is 8.53. The summed E-state index contributed by atoms with van der Waals surface area (Å²) in [4.78, 5) is 0. The van der Waals surface area contributed by atoms with E-state index in [2.05, 4.69) is 5.32 Å². The van der Waals surface area contributed by atoms with Crippen molar-refractivity contribution >= 4 is 5.70 Å².